The van der Waals surface area contributed by atoms with Gasteiger partial charge in [-0.2, -0.15) is 0 Å². The van der Waals surface area contributed by atoms with Crippen LogP contribution in [0.3, 0.4) is 0 Å². The van der Waals surface area contributed by atoms with Gasteiger partial charge in [-0.15, -0.1) is 18.3 Å². The molecule has 2 N–H and O–H groups in total. The van der Waals surface area contributed by atoms with Crippen LogP contribution in [-0.4, -0.2) is 41.7 Å². The molecule has 2 saturated heterocycles. The van der Waals surface area contributed by atoms with Gasteiger partial charge in [0.25, 0.3) is 5.91 Å². The van der Waals surface area contributed by atoms with Gasteiger partial charge >= 0.3 is 0 Å². The van der Waals surface area contributed by atoms with Crippen molar-refractivity contribution in [3.05, 3.63) is 82.9 Å². The van der Waals surface area contributed by atoms with E-state index < -0.39 is 0 Å². The molecule has 2 aromatic rings. The van der Waals surface area contributed by atoms with Crippen molar-refractivity contribution in [1.82, 2.24) is 15.5 Å². The Morgan fingerprint density at radius 2 is 2.14 bits per heavy atom. The summed E-state index contributed by atoms with van der Waals surface area (Å²) < 4.78 is 1.07. The van der Waals surface area contributed by atoms with E-state index in [0.29, 0.717) is 11.5 Å². The van der Waals surface area contributed by atoms with E-state index in [0.717, 1.165) is 29.9 Å². The molecule has 146 valence electrons. The van der Waals surface area contributed by atoms with Crippen LogP contribution >= 0.6 is 27.7 Å². The molecule has 0 aliphatic carbocycles. The van der Waals surface area contributed by atoms with Crippen LogP contribution < -0.4 is 10.6 Å². The summed E-state index contributed by atoms with van der Waals surface area (Å²) in [6.45, 7) is 6.71. The predicted octanol–water partition coefficient (Wildman–Crippen LogP) is 3.81. The Morgan fingerprint density at radius 3 is 2.89 bits per heavy atom. The second kappa shape index (κ2) is 8.41. The zero-order valence-corrected chi connectivity index (χ0v) is 18.0. The van der Waals surface area contributed by atoms with Crippen LogP contribution in [0.25, 0.3) is 0 Å². The summed E-state index contributed by atoms with van der Waals surface area (Å²) in [7, 11) is 0. The molecule has 2 aliphatic heterocycles. The van der Waals surface area contributed by atoms with Gasteiger partial charge in [-0.25, -0.2) is 0 Å². The fourth-order valence-electron chi connectivity index (χ4n) is 4.23. The summed E-state index contributed by atoms with van der Waals surface area (Å²) in [4.78, 5) is 15.1. The zero-order chi connectivity index (χ0) is 19.6. The molecule has 4 rings (SSSR count). The number of hydrogen-bond acceptors (Lipinski definition) is 4. The lowest BCUT2D eigenvalue weighted by atomic mass is 9.81. The molecule has 2 fully saturated rings. The summed E-state index contributed by atoms with van der Waals surface area (Å²) in [6.07, 6.45) is 1.97. The van der Waals surface area contributed by atoms with E-state index in [4.69, 9.17) is 0 Å². The lowest BCUT2D eigenvalue weighted by Gasteiger charge is -2.44. The van der Waals surface area contributed by atoms with Crippen molar-refractivity contribution in [3.8, 4) is 0 Å². The molecule has 0 spiro atoms. The molecule has 2 aromatic carbocycles. The number of fused-ring (bicyclic) bond motifs is 1. The molecule has 2 aliphatic rings. The highest BCUT2D eigenvalue weighted by molar-refractivity contribution is 9.10. The van der Waals surface area contributed by atoms with Crippen molar-refractivity contribution in [1.29, 1.82) is 0 Å². The van der Waals surface area contributed by atoms with Crippen molar-refractivity contribution in [2.45, 2.75) is 11.0 Å². The first-order chi connectivity index (χ1) is 13.6. The van der Waals surface area contributed by atoms with Gasteiger partial charge in [-0.3, -0.25) is 15.0 Å². The van der Waals surface area contributed by atoms with Gasteiger partial charge in [0.15, 0.2) is 0 Å². The van der Waals surface area contributed by atoms with E-state index in [9.17, 15) is 4.79 Å². The topological polar surface area (TPSA) is 44.4 Å². The minimum absolute atomic E-state index is 0.0469. The number of nitrogens with one attached hydrogen (secondary N) is 2. The van der Waals surface area contributed by atoms with Crippen LogP contribution in [0.1, 0.15) is 15.9 Å². The minimum atomic E-state index is -0.188. The van der Waals surface area contributed by atoms with Crippen LogP contribution in [0.4, 0.5) is 0 Å². The average molecular weight is 458 g/mol. The fraction of sp³-hybridized carbons (Fsp3) is 0.318. The van der Waals surface area contributed by atoms with Gasteiger partial charge in [0.05, 0.1) is 5.54 Å². The predicted molar refractivity (Wildman–Crippen MR) is 119 cm³/mol. The largest absolute Gasteiger partial charge is 0.328 e. The highest BCUT2D eigenvalue weighted by Gasteiger charge is 2.51. The SMILES string of the molecule is C=CCN1C[C@H]2CSC(NC(=O)c3ccccc3)N[C@@]2(c2cccc(Br)c2)C1. The maximum absolute atomic E-state index is 12.7. The van der Waals surface area contributed by atoms with Gasteiger partial charge in [0.2, 0.25) is 0 Å². The van der Waals surface area contributed by atoms with Gasteiger partial charge in [-0.05, 0) is 29.8 Å². The number of amides is 1. The summed E-state index contributed by atoms with van der Waals surface area (Å²) in [5.74, 6) is 1.42. The number of carbonyl (C=O) groups excluding carboxylic acids is 1. The Labute approximate surface area is 178 Å². The Bertz CT molecular complexity index is 862. The van der Waals surface area contributed by atoms with Crippen LogP contribution in [0.15, 0.2) is 71.7 Å². The van der Waals surface area contributed by atoms with E-state index in [1.54, 1.807) is 11.8 Å². The van der Waals surface area contributed by atoms with Crippen molar-refractivity contribution in [3.63, 3.8) is 0 Å². The van der Waals surface area contributed by atoms with Crippen LogP contribution in [-0.2, 0) is 5.54 Å². The Kier molecular flexibility index (Phi) is 5.92. The lowest BCUT2D eigenvalue weighted by molar-refractivity contribution is 0.0932. The van der Waals surface area contributed by atoms with Gasteiger partial charge in [0.1, 0.15) is 5.50 Å². The normalized spacial score (nSPS) is 27.2. The highest BCUT2D eigenvalue weighted by Crippen LogP contribution is 2.43. The molecule has 28 heavy (non-hydrogen) atoms. The maximum atomic E-state index is 12.7. The molecular weight excluding hydrogens is 434 g/mol. The molecule has 2 heterocycles. The molecule has 0 aromatic heterocycles. The third kappa shape index (κ3) is 3.92. The first-order valence-electron chi connectivity index (χ1n) is 9.45. The van der Waals surface area contributed by atoms with E-state index in [2.05, 4.69) is 62.3 Å². The standard InChI is InChI=1S/C22H24BrN3OS/c1-2-11-26-13-18-14-28-21(24-20(27)16-7-4-3-5-8-16)25-22(18,15-26)17-9-6-10-19(23)12-17/h2-10,12,18,21,25H,1,11,13-15H2,(H,24,27)/t18-,21?,22+/m0/s1. The number of hydrogen-bond donors (Lipinski definition) is 2. The Balaban J connectivity index is 1.59. The van der Waals surface area contributed by atoms with Crippen molar-refractivity contribution >= 4 is 33.6 Å². The van der Waals surface area contributed by atoms with Gasteiger partial charge < -0.3 is 5.32 Å². The number of benzene rings is 2. The maximum Gasteiger partial charge on any atom is 0.253 e. The quantitative estimate of drug-likeness (QED) is 0.669. The first-order valence-corrected chi connectivity index (χ1v) is 11.3. The smallest absolute Gasteiger partial charge is 0.253 e. The molecule has 0 bridgehead atoms. The number of rotatable bonds is 5. The molecule has 4 nitrogen and oxygen atoms in total. The van der Waals surface area contributed by atoms with Gasteiger partial charge in [-0.1, -0.05) is 52.3 Å². The Morgan fingerprint density at radius 1 is 1.32 bits per heavy atom. The lowest BCUT2D eigenvalue weighted by Crippen LogP contribution is -2.61. The first kappa shape index (κ1) is 19.7. The molecule has 0 radical (unpaired) electrons. The fourth-order valence-corrected chi connectivity index (χ4v) is 5.93. The van der Waals surface area contributed by atoms with Crippen molar-refractivity contribution < 1.29 is 4.79 Å². The molecule has 1 unspecified atom stereocenters. The van der Waals surface area contributed by atoms with Gasteiger partial charge in [0, 0.05) is 41.3 Å². The number of carbonyl (C=O) groups is 1. The second-order valence-corrected chi connectivity index (χ2v) is 9.41. The van der Waals surface area contributed by atoms with Crippen LogP contribution in [0.2, 0.25) is 0 Å². The minimum Gasteiger partial charge on any atom is -0.328 e. The van der Waals surface area contributed by atoms with E-state index in [1.165, 1.54) is 5.56 Å². The number of nitrogens with zero attached hydrogens (tertiary/aromatic N) is 1. The molecule has 6 heteroatoms. The molecular formula is C22H24BrN3OS. The second-order valence-electron chi connectivity index (χ2n) is 7.36. The third-order valence-electron chi connectivity index (χ3n) is 5.53. The average Bonchev–Trinajstić information content (AvgIpc) is 3.07. The number of likely N-dealkylation sites (tertiary alicyclic amines) is 1. The monoisotopic (exact) mass is 457 g/mol. The van der Waals surface area contributed by atoms with E-state index >= 15 is 0 Å². The van der Waals surface area contributed by atoms with E-state index in [-0.39, 0.29) is 16.9 Å². The summed E-state index contributed by atoms with van der Waals surface area (Å²) in [5.41, 5.74) is 1.62. The van der Waals surface area contributed by atoms with Crippen molar-refractivity contribution in [2.75, 3.05) is 25.4 Å². The zero-order valence-electron chi connectivity index (χ0n) is 15.6. The molecule has 3 atom stereocenters. The summed E-state index contributed by atoms with van der Waals surface area (Å²) >= 11 is 5.39. The molecule has 0 saturated carbocycles. The third-order valence-corrected chi connectivity index (χ3v) is 7.18. The molecule has 1 amide bonds. The summed E-state index contributed by atoms with van der Waals surface area (Å²) in [5, 5.41) is 6.96. The van der Waals surface area contributed by atoms with E-state index in [1.807, 2.05) is 36.4 Å². The van der Waals surface area contributed by atoms with Crippen LogP contribution in [0.5, 0.6) is 0 Å². The highest BCUT2D eigenvalue weighted by atomic mass is 79.9. The number of halogens is 1. The summed E-state index contributed by atoms with van der Waals surface area (Å²) in [6, 6.07) is 17.9. The van der Waals surface area contributed by atoms with Crippen molar-refractivity contribution in [2.24, 2.45) is 5.92 Å². The van der Waals surface area contributed by atoms with Crippen LogP contribution in [0, 0.1) is 5.92 Å². The Hall–Kier alpha value is -1.60. The number of thioether (sulfide) groups is 1.